The minimum atomic E-state index is -3.87. The lowest BCUT2D eigenvalue weighted by Crippen LogP contribution is -2.14. The van der Waals surface area contributed by atoms with Gasteiger partial charge in [-0.2, -0.15) is 0 Å². The van der Waals surface area contributed by atoms with Gasteiger partial charge < -0.3 is 4.57 Å². The third-order valence-corrected chi connectivity index (χ3v) is 6.77. The Morgan fingerprint density at radius 1 is 0.844 bits per heavy atom. The number of para-hydroxylation sites is 2. The van der Waals surface area contributed by atoms with E-state index in [0.717, 1.165) is 22.0 Å². The van der Waals surface area contributed by atoms with Gasteiger partial charge >= 0.3 is 0 Å². The highest BCUT2D eigenvalue weighted by Gasteiger charge is 2.22. The number of aryl methyl sites for hydroxylation is 1. The van der Waals surface area contributed by atoms with E-state index >= 15 is 0 Å². The molecule has 5 nitrogen and oxygen atoms in total. The Kier molecular flexibility index (Phi) is 4.89. The first-order valence-electron chi connectivity index (χ1n) is 10.0. The highest BCUT2D eigenvalue weighted by atomic mass is 32.2. The van der Waals surface area contributed by atoms with E-state index in [9.17, 15) is 8.42 Å². The fraction of sp³-hybridized carbons (Fsp3) is 0.0385. The maximum absolute atomic E-state index is 13.5. The van der Waals surface area contributed by atoms with E-state index in [2.05, 4.69) is 21.5 Å². The first-order chi connectivity index (χ1) is 15.5. The van der Waals surface area contributed by atoms with Crippen LogP contribution in [-0.2, 0) is 17.1 Å². The third kappa shape index (κ3) is 3.49. The molecular formula is C26H19N3O2S. The number of nitrogens with zero attached hydrogens (tertiary/aromatic N) is 2. The second-order valence-corrected chi connectivity index (χ2v) is 9.02. The zero-order valence-corrected chi connectivity index (χ0v) is 18.1. The normalized spacial score (nSPS) is 11.3. The molecule has 0 amide bonds. The van der Waals surface area contributed by atoms with Gasteiger partial charge in [0.25, 0.3) is 10.0 Å². The highest BCUT2D eigenvalue weighted by Crippen LogP contribution is 2.34. The van der Waals surface area contributed by atoms with Gasteiger partial charge in [-0.1, -0.05) is 48.2 Å². The minimum Gasteiger partial charge on any atom is -0.344 e. The number of hydrogen-bond acceptors (Lipinski definition) is 3. The van der Waals surface area contributed by atoms with Crippen molar-refractivity contribution in [1.29, 1.82) is 0 Å². The Bertz CT molecular complexity index is 1630. The van der Waals surface area contributed by atoms with Crippen LogP contribution in [0, 0.1) is 11.8 Å². The molecule has 0 aliphatic carbocycles. The molecule has 3 aromatic carbocycles. The van der Waals surface area contributed by atoms with Gasteiger partial charge in [0.1, 0.15) is 0 Å². The molecule has 0 aliphatic rings. The van der Waals surface area contributed by atoms with Crippen LogP contribution in [0.1, 0.15) is 11.1 Å². The van der Waals surface area contributed by atoms with Gasteiger partial charge in [-0.05, 0) is 42.5 Å². The van der Waals surface area contributed by atoms with Crippen molar-refractivity contribution in [3.8, 4) is 11.8 Å². The van der Waals surface area contributed by atoms with Crippen molar-refractivity contribution in [3.63, 3.8) is 0 Å². The number of anilines is 1. The summed E-state index contributed by atoms with van der Waals surface area (Å²) in [5.74, 6) is 6.09. The van der Waals surface area contributed by atoms with Crippen LogP contribution in [0.4, 0.5) is 5.69 Å². The highest BCUT2D eigenvalue weighted by molar-refractivity contribution is 7.93. The molecule has 0 aliphatic heterocycles. The molecule has 0 atom stereocenters. The molecule has 5 rings (SSSR count). The summed E-state index contributed by atoms with van der Waals surface area (Å²) < 4.78 is 31.8. The molecule has 5 aromatic rings. The smallest absolute Gasteiger partial charge is 0.262 e. The van der Waals surface area contributed by atoms with Crippen LogP contribution >= 0.6 is 0 Å². The number of aromatic nitrogens is 2. The fourth-order valence-electron chi connectivity index (χ4n) is 3.86. The summed E-state index contributed by atoms with van der Waals surface area (Å²) in [6.07, 6.45) is 3.35. The van der Waals surface area contributed by atoms with Gasteiger partial charge in [0.2, 0.25) is 0 Å². The molecule has 6 heteroatoms. The molecule has 32 heavy (non-hydrogen) atoms. The number of nitrogens with one attached hydrogen (secondary N) is 1. The van der Waals surface area contributed by atoms with Gasteiger partial charge in [-0.25, -0.2) is 8.42 Å². The molecule has 0 saturated heterocycles. The summed E-state index contributed by atoms with van der Waals surface area (Å²) in [5.41, 5.74) is 3.61. The van der Waals surface area contributed by atoms with Crippen LogP contribution in [0.25, 0.3) is 21.8 Å². The summed E-state index contributed by atoms with van der Waals surface area (Å²) in [6, 6.07) is 23.9. The largest absolute Gasteiger partial charge is 0.344 e. The average molecular weight is 438 g/mol. The molecule has 0 bridgehead atoms. The van der Waals surface area contributed by atoms with E-state index in [-0.39, 0.29) is 4.90 Å². The van der Waals surface area contributed by atoms with E-state index in [1.807, 2.05) is 60.1 Å². The summed E-state index contributed by atoms with van der Waals surface area (Å²) >= 11 is 0. The molecule has 156 valence electrons. The van der Waals surface area contributed by atoms with Crippen molar-refractivity contribution in [2.45, 2.75) is 4.90 Å². The third-order valence-electron chi connectivity index (χ3n) is 5.36. The van der Waals surface area contributed by atoms with E-state index in [1.165, 1.54) is 0 Å². The van der Waals surface area contributed by atoms with Crippen molar-refractivity contribution in [3.05, 3.63) is 102 Å². The number of sulfonamides is 1. The quantitative estimate of drug-likeness (QED) is 0.407. The lowest BCUT2D eigenvalue weighted by Gasteiger charge is -2.11. The van der Waals surface area contributed by atoms with Crippen molar-refractivity contribution in [1.82, 2.24) is 9.55 Å². The van der Waals surface area contributed by atoms with Crippen molar-refractivity contribution in [2.24, 2.45) is 7.05 Å². The van der Waals surface area contributed by atoms with Crippen LogP contribution in [-0.4, -0.2) is 18.0 Å². The van der Waals surface area contributed by atoms with E-state index in [0.29, 0.717) is 16.6 Å². The van der Waals surface area contributed by atoms with Gasteiger partial charge in [-0.15, -0.1) is 0 Å². The lowest BCUT2D eigenvalue weighted by molar-refractivity contribution is 0.602. The monoisotopic (exact) mass is 437 g/mol. The van der Waals surface area contributed by atoms with Crippen LogP contribution in [0.5, 0.6) is 0 Å². The molecule has 2 aromatic heterocycles. The zero-order valence-electron chi connectivity index (χ0n) is 17.3. The summed E-state index contributed by atoms with van der Waals surface area (Å²) in [5, 5.41) is 1.60. The molecule has 0 saturated carbocycles. The first-order valence-corrected chi connectivity index (χ1v) is 11.5. The Morgan fingerprint density at radius 2 is 1.62 bits per heavy atom. The lowest BCUT2D eigenvalue weighted by atomic mass is 10.1. The molecule has 1 N–H and O–H groups in total. The Labute approximate surface area is 186 Å². The minimum absolute atomic E-state index is 0.238. The van der Waals surface area contributed by atoms with Crippen molar-refractivity contribution < 1.29 is 8.42 Å². The number of fused-ring (bicyclic) bond motifs is 3. The Balaban J connectivity index is 1.61. The molecule has 2 heterocycles. The van der Waals surface area contributed by atoms with Gasteiger partial charge in [0, 0.05) is 46.9 Å². The average Bonchev–Trinajstić information content (AvgIpc) is 3.11. The summed E-state index contributed by atoms with van der Waals surface area (Å²) in [4.78, 5) is 4.30. The van der Waals surface area contributed by atoms with Gasteiger partial charge in [-0.3, -0.25) is 9.71 Å². The number of benzene rings is 3. The molecule has 0 fully saturated rings. The maximum Gasteiger partial charge on any atom is 0.262 e. The maximum atomic E-state index is 13.5. The number of hydrogen-bond donors (Lipinski definition) is 1. The molecule has 0 radical (unpaired) electrons. The predicted octanol–water partition coefficient (Wildman–Crippen LogP) is 4.93. The second-order valence-electron chi connectivity index (χ2n) is 7.37. The van der Waals surface area contributed by atoms with E-state index < -0.39 is 10.0 Å². The predicted molar refractivity (Wildman–Crippen MR) is 128 cm³/mol. The van der Waals surface area contributed by atoms with Crippen LogP contribution in [0.15, 0.2) is 96.2 Å². The number of pyridine rings is 1. The zero-order chi connectivity index (χ0) is 22.1. The Hall–Kier alpha value is -4.08. The first kappa shape index (κ1) is 19.9. The number of rotatable bonds is 3. The van der Waals surface area contributed by atoms with Crippen molar-refractivity contribution in [2.75, 3.05) is 4.72 Å². The van der Waals surface area contributed by atoms with E-state index in [4.69, 9.17) is 0 Å². The van der Waals surface area contributed by atoms with Crippen molar-refractivity contribution >= 4 is 37.5 Å². The van der Waals surface area contributed by atoms with Gasteiger partial charge in [0.15, 0.2) is 0 Å². The van der Waals surface area contributed by atoms with Crippen LogP contribution in [0.2, 0.25) is 0 Å². The summed E-state index contributed by atoms with van der Waals surface area (Å²) in [7, 11) is -1.92. The molecule has 0 unspecified atom stereocenters. The Morgan fingerprint density at radius 3 is 2.47 bits per heavy atom. The fourth-order valence-corrected chi connectivity index (χ4v) is 5.18. The molecule has 0 spiro atoms. The SMILES string of the molecule is Cn1c2ccccc2c2c(S(=O)(=O)Nc3ccccc3C#Cc3cccnc3)cccc21. The van der Waals surface area contributed by atoms with Crippen LogP contribution in [0.3, 0.4) is 0 Å². The van der Waals surface area contributed by atoms with Crippen LogP contribution < -0.4 is 4.72 Å². The standard InChI is InChI=1S/C26H19N3O2S/c1-29-23-12-5-3-10-21(23)26-24(29)13-6-14-25(26)32(30,31)28-22-11-4-2-9-20(22)16-15-19-8-7-17-27-18-19/h2-14,17-18,28H,1H3. The topological polar surface area (TPSA) is 64.0 Å². The molecular weight excluding hydrogens is 418 g/mol. The summed E-state index contributed by atoms with van der Waals surface area (Å²) in [6.45, 7) is 0. The van der Waals surface area contributed by atoms with E-state index in [1.54, 1.807) is 42.7 Å². The second kappa shape index (κ2) is 7.88. The van der Waals surface area contributed by atoms with Gasteiger partial charge in [0.05, 0.1) is 16.1 Å².